The maximum Gasteiger partial charge on any atom is 3.00 e. The number of benzene rings is 2. The fraction of sp³-hybridized carbons (Fsp3) is 0.115. The number of aryl methyl sites for hydroxylation is 2. The number of carboxylic acid groups (broad SMARTS) is 1. The van der Waals surface area contributed by atoms with E-state index in [4.69, 9.17) is 9.90 Å². The molecule has 2 heterocycles. The van der Waals surface area contributed by atoms with Crippen LogP contribution in [0.15, 0.2) is 72.8 Å². The molecule has 7 heteroatoms. The standard InChI is InChI=1S/C24H20N2O2.C2H4O2.Mn/c1-15-7-3-9-17(23(15)27)19-11-5-13-21(25-19)22-14-6-12-20(26-22)18-10-4-8-16(2)24(18)28;1-2(3)4;/h3-14,27-28H,1-2H3;1H3,(H,3,4);/q;;+3/p-3. The molecule has 166 valence electrons. The largest absolute Gasteiger partial charge is 3.00 e. The minimum Gasteiger partial charge on any atom is -0.872 e. The Morgan fingerprint density at radius 3 is 1.30 bits per heavy atom. The number of hydrogen-bond acceptors (Lipinski definition) is 6. The Morgan fingerprint density at radius 1 is 0.636 bits per heavy atom. The van der Waals surface area contributed by atoms with Gasteiger partial charge in [-0.25, -0.2) is 9.97 Å². The van der Waals surface area contributed by atoms with Gasteiger partial charge in [0, 0.05) is 5.97 Å². The zero-order valence-corrected chi connectivity index (χ0v) is 19.5. The summed E-state index contributed by atoms with van der Waals surface area (Å²) in [6.07, 6.45) is 0. The van der Waals surface area contributed by atoms with E-state index in [0.29, 0.717) is 45.0 Å². The van der Waals surface area contributed by atoms with E-state index in [2.05, 4.69) is 9.97 Å². The summed E-state index contributed by atoms with van der Waals surface area (Å²) in [7, 11) is 0. The molecule has 0 aliphatic heterocycles. The number of aromatic nitrogens is 2. The van der Waals surface area contributed by atoms with Crippen molar-refractivity contribution in [2.45, 2.75) is 20.8 Å². The summed E-state index contributed by atoms with van der Waals surface area (Å²) in [5.74, 6) is -1.13. The molecule has 2 aromatic carbocycles. The van der Waals surface area contributed by atoms with Gasteiger partial charge in [-0.2, -0.15) is 0 Å². The normalized spacial score (nSPS) is 9.91. The molecule has 0 saturated carbocycles. The Labute approximate surface area is 203 Å². The Kier molecular flexibility index (Phi) is 8.74. The van der Waals surface area contributed by atoms with Gasteiger partial charge in [-0.05, 0) is 56.2 Å². The smallest absolute Gasteiger partial charge is 0.872 e. The van der Waals surface area contributed by atoms with Gasteiger partial charge in [-0.15, -0.1) is 0 Å². The molecule has 0 radical (unpaired) electrons. The number of pyridine rings is 2. The molecule has 0 bridgehead atoms. The number of nitrogens with zero attached hydrogens (tertiary/aromatic N) is 2. The summed E-state index contributed by atoms with van der Waals surface area (Å²) in [6.45, 7) is 4.56. The molecule has 0 atom stereocenters. The molecule has 0 fully saturated rings. The maximum absolute atomic E-state index is 12.4. The Hall–Kier alpha value is -3.67. The number of carbonyl (C=O) groups excluding carboxylic acids is 1. The Balaban J connectivity index is 0.000000714. The molecule has 0 amide bonds. The number of carboxylic acids is 1. The first-order valence-electron chi connectivity index (χ1n) is 9.94. The number of para-hydroxylation sites is 2. The molecule has 2 aromatic heterocycles. The van der Waals surface area contributed by atoms with Gasteiger partial charge < -0.3 is 20.1 Å². The SMILES string of the molecule is CC(=O)[O-].Cc1cccc(-c2cccc(-c3cccc(-c4cccc(C)c4[O-])n3)n2)c1[O-].[Mn+3]. The van der Waals surface area contributed by atoms with E-state index >= 15 is 0 Å². The third-order valence-electron chi connectivity index (χ3n) is 4.74. The van der Waals surface area contributed by atoms with Crippen molar-refractivity contribution in [1.29, 1.82) is 0 Å². The molecule has 0 aliphatic carbocycles. The van der Waals surface area contributed by atoms with Gasteiger partial charge in [0.2, 0.25) is 0 Å². The monoisotopic (exact) mass is 480 g/mol. The summed E-state index contributed by atoms with van der Waals surface area (Å²) in [5, 5.41) is 33.8. The molecule has 4 aromatic rings. The van der Waals surface area contributed by atoms with Crippen molar-refractivity contribution in [3.05, 3.63) is 83.9 Å². The van der Waals surface area contributed by atoms with Crippen LogP contribution in [0, 0.1) is 13.8 Å². The summed E-state index contributed by atoms with van der Waals surface area (Å²) in [5.41, 5.74) is 5.04. The molecule has 0 unspecified atom stereocenters. The second-order valence-electron chi connectivity index (χ2n) is 7.21. The molecular weight excluding hydrogens is 459 g/mol. The number of rotatable bonds is 3. The molecule has 6 nitrogen and oxygen atoms in total. The van der Waals surface area contributed by atoms with Crippen LogP contribution < -0.4 is 15.3 Å². The molecule has 33 heavy (non-hydrogen) atoms. The van der Waals surface area contributed by atoms with Crippen LogP contribution in [0.5, 0.6) is 11.5 Å². The van der Waals surface area contributed by atoms with Crippen LogP contribution in [-0.4, -0.2) is 15.9 Å². The maximum atomic E-state index is 12.4. The van der Waals surface area contributed by atoms with Crippen molar-refractivity contribution < 1.29 is 37.2 Å². The van der Waals surface area contributed by atoms with E-state index in [1.807, 2.05) is 48.5 Å². The molecule has 0 saturated heterocycles. The van der Waals surface area contributed by atoms with E-state index < -0.39 is 5.97 Å². The van der Waals surface area contributed by atoms with Crippen molar-refractivity contribution >= 4 is 5.97 Å². The Morgan fingerprint density at radius 2 is 0.939 bits per heavy atom. The fourth-order valence-electron chi connectivity index (χ4n) is 3.16. The van der Waals surface area contributed by atoms with Gasteiger partial charge in [0.05, 0.1) is 22.8 Å². The number of carbonyl (C=O) groups is 1. The van der Waals surface area contributed by atoms with Crippen LogP contribution in [0.3, 0.4) is 0 Å². The quantitative estimate of drug-likeness (QED) is 0.417. The molecule has 0 spiro atoms. The summed E-state index contributed by atoms with van der Waals surface area (Å²) < 4.78 is 0. The van der Waals surface area contributed by atoms with Crippen molar-refractivity contribution in [1.82, 2.24) is 9.97 Å². The predicted molar refractivity (Wildman–Crippen MR) is 117 cm³/mol. The Bertz CT molecular complexity index is 1180. The molecule has 4 rings (SSSR count). The van der Waals surface area contributed by atoms with Crippen LogP contribution in [-0.2, 0) is 21.9 Å². The van der Waals surface area contributed by atoms with Crippen LogP contribution in [0.1, 0.15) is 18.1 Å². The average Bonchev–Trinajstić information content (AvgIpc) is 2.77. The topological polar surface area (TPSA) is 112 Å². The second-order valence-corrected chi connectivity index (χ2v) is 7.21. The van der Waals surface area contributed by atoms with E-state index in [-0.39, 0.29) is 28.6 Å². The van der Waals surface area contributed by atoms with E-state index in [1.54, 1.807) is 38.1 Å². The molecule has 0 N–H and O–H groups in total. The van der Waals surface area contributed by atoms with Gasteiger partial charge in [0.1, 0.15) is 0 Å². The summed E-state index contributed by atoms with van der Waals surface area (Å²) in [6, 6.07) is 21.9. The first kappa shape index (κ1) is 25.6. The minimum atomic E-state index is -1.08. The van der Waals surface area contributed by atoms with Gasteiger partial charge in [-0.1, -0.05) is 71.2 Å². The first-order valence-corrected chi connectivity index (χ1v) is 9.94. The van der Waals surface area contributed by atoms with Gasteiger partial charge in [0.15, 0.2) is 0 Å². The van der Waals surface area contributed by atoms with Crippen molar-refractivity contribution in [2.75, 3.05) is 0 Å². The number of hydrogen-bond donors (Lipinski definition) is 0. The van der Waals surface area contributed by atoms with Crippen molar-refractivity contribution in [2.24, 2.45) is 0 Å². The van der Waals surface area contributed by atoms with Gasteiger partial charge >= 0.3 is 17.1 Å². The van der Waals surface area contributed by atoms with Gasteiger partial charge in [0.25, 0.3) is 0 Å². The van der Waals surface area contributed by atoms with Crippen LogP contribution in [0.2, 0.25) is 0 Å². The number of aliphatic carboxylic acids is 1. The third kappa shape index (κ3) is 6.19. The van der Waals surface area contributed by atoms with Crippen LogP contribution in [0.4, 0.5) is 0 Å². The van der Waals surface area contributed by atoms with Gasteiger partial charge in [-0.3, -0.25) is 0 Å². The second kappa shape index (κ2) is 11.3. The first-order chi connectivity index (χ1) is 15.3. The summed E-state index contributed by atoms with van der Waals surface area (Å²) >= 11 is 0. The zero-order valence-electron chi connectivity index (χ0n) is 18.3. The zero-order chi connectivity index (χ0) is 23.3. The molecule has 0 aliphatic rings. The van der Waals surface area contributed by atoms with Crippen molar-refractivity contribution in [3.8, 4) is 45.4 Å². The summed E-state index contributed by atoms with van der Waals surface area (Å²) in [4.78, 5) is 18.2. The molecular formula is C26H21MnN2O4. The van der Waals surface area contributed by atoms with E-state index in [9.17, 15) is 10.2 Å². The fourth-order valence-corrected chi connectivity index (χ4v) is 3.16. The van der Waals surface area contributed by atoms with E-state index in [0.717, 1.165) is 6.92 Å². The average molecular weight is 480 g/mol. The van der Waals surface area contributed by atoms with E-state index in [1.165, 1.54) is 0 Å². The predicted octanol–water partition coefficient (Wildman–Crippen LogP) is 3.00. The van der Waals surface area contributed by atoms with Crippen LogP contribution in [0.25, 0.3) is 33.9 Å². The van der Waals surface area contributed by atoms with Crippen LogP contribution >= 0.6 is 0 Å². The van der Waals surface area contributed by atoms with Crippen molar-refractivity contribution in [3.63, 3.8) is 0 Å². The third-order valence-corrected chi connectivity index (χ3v) is 4.74. The minimum absolute atomic E-state index is 0.